The second-order valence-electron chi connectivity index (χ2n) is 2.21. The lowest BCUT2D eigenvalue weighted by molar-refractivity contribution is 0.252. The van der Waals surface area contributed by atoms with Crippen LogP contribution in [0.1, 0.15) is 0 Å². The lowest BCUT2D eigenvalue weighted by atomic mass is 10.7. The summed E-state index contributed by atoms with van der Waals surface area (Å²) in [5.41, 5.74) is 9.67. The Bertz CT molecular complexity index is 368. The van der Waals surface area contributed by atoms with E-state index in [1.807, 2.05) is 0 Å². The van der Waals surface area contributed by atoms with Gasteiger partial charge >= 0.3 is 12.1 Å². The predicted molar refractivity (Wildman–Crippen MR) is 47.4 cm³/mol. The molecule has 1 aromatic rings. The molecule has 0 saturated carbocycles. The van der Waals surface area contributed by atoms with E-state index in [9.17, 15) is 9.59 Å². The number of nitrogens with zero attached hydrogens (tertiary/aromatic N) is 3. The Balaban J connectivity index is 2.94. The van der Waals surface area contributed by atoms with E-state index in [1.165, 1.54) is 12.4 Å². The van der Waals surface area contributed by atoms with Gasteiger partial charge in [0.2, 0.25) is 5.96 Å². The topological polar surface area (TPSA) is 128 Å². The van der Waals surface area contributed by atoms with Crippen molar-refractivity contribution in [2.75, 3.05) is 0 Å². The molecule has 0 aliphatic carbocycles. The Morgan fingerprint density at radius 2 is 2.14 bits per heavy atom. The fourth-order valence-electron chi connectivity index (χ4n) is 0.745. The van der Waals surface area contributed by atoms with Crippen LogP contribution in [0.5, 0.6) is 0 Å². The number of hydrogen-bond acceptors (Lipinski definition) is 3. The monoisotopic (exact) mass is 196 g/mol. The quantitative estimate of drug-likeness (QED) is 0.357. The van der Waals surface area contributed by atoms with Crippen molar-refractivity contribution in [2.24, 2.45) is 16.5 Å². The molecule has 4 amide bonds. The highest BCUT2D eigenvalue weighted by atomic mass is 16.2. The van der Waals surface area contributed by atoms with Gasteiger partial charge in [0, 0.05) is 12.4 Å². The Labute approximate surface area is 78.6 Å². The number of aliphatic imine (C=N–C) groups is 1. The van der Waals surface area contributed by atoms with Crippen LogP contribution in [0, 0.1) is 0 Å². The molecule has 0 saturated heterocycles. The number of hydrogen-bond donors (Lipinski definition) is 3. The molecule has 0 aliphatic rings. The van der Waals surface area contributed by atoms with Crippen LogP contribution in [0.2, 0.25) is 0 Å². The first kappa shape index (κ1) is 9.71. The van der Waals surface area contributed by atoms with Crippen LogP contribution in [0.25, 0.3) is 0 Å². The molecule has 8 heteroatoms. The number of rotatable bonds is 0. The third-order valence-electron chi connectivity index (χ3n) is 1.17. The van der Waals surface area contributed by atoms with Crippen LogP contribution in [0.15, 0.2) is 23.5 Å². The molecule has 5 N–H and O–H groups in total. The van der Waals surface area contributed by atoms with Crippen molar-refractivity contribution in [3.05, 3.63) is 18.5 Å². The Morgan fingerprint density at radius 1 is 1.43 bits per heavy atom. The van der Waals surface area contributed by atoms with Crippen molar-refractivity contribution in [1.29, 1.82) is 0 Å². The molecule has 74 valence electrons. The van der Waals surface area contributed by atoms with Crippen LogP contribution in [0.3, 0.4) is 0 Å². The van der Waals surface area contributed by atoms with Gasteiger partial charge in [-0.2, -0.15) is 10.1 Å². The number of nitrogens with one attached hydrogen (secondary N) is 1. The average Bonchev–Trinajstić information content (AvgIpc) is 2.52. The van der Waals surface area contributed by atoms with Crippen molar-refractivity contribution >= 4 is 18.0 Å². The average molecular weight is 196 g/mol. The smallest absolute Gasteiger partial charge is 0.341 e. The van der Waals surface area contributed by atoms with E-state index in [4.69, 9.17) is 11.5 Å². The molecule has 0 bridgehead atoms. The molecule has 1 rings (SSSR count). The molecule has 0 aromatic carbocycles. The summed E-state index contributed by atoms with van der Waals surface area (Å²) in [6.07, 6.45) is 2.91. The van der Waals surface area contributed by atoms with Gasteiger partial charge in [-0.1, -0.05) is 0 Å². The van der Waals surface area contributed by atoms with Crippen molar-refractivity contribution in [3.63, 3.8) is 0 Å². The zero-order chi connectivity index (χ0) is 10.6. The van der Waals surface area contributed by atoms with Gasteiger partial charge in [0.05, 0.1) is 0 Å². The lowest BCUT2D eigenvalue weighted by Gasteiger charge is -2.04. The largest absolute Gasteiger partial charge is 0.351 e. The number of urea groups is 2. The fraction of sp³-hybridized carbons (Fsp3) is 0. The molecule has 0 spiro atoms. The summed E-state index contributed by atoms with van der Waals surface area (Å²) in [5.74, 6) is -0.144. The summed E-state index contributed by atoms with van der Waals surface area (Å²) >= 11 is 0. The van der Waals surface area contributed by atoms with Gasteiger partial charge in [-0.05, 0) is 6.07 Å². The van der Waals surface area contributed by atoms with E-state index >= 15 is 0 Å². The van der Waals surface area contributed by atoms with Gasteiger partial charge in [0.15, 0.2) is 0 Å². The molecule has 0 unspecified atom stereocenters. The summed E-state index contributed by atoms with van der Waals surface area (Å²) in [4.78, 5) is 24.3. The van der Waals surface area contributed by atoms with Gasteiger partial charge < -0.3 is 11.5 Å². The van der Waals surface area contributed by atoms with Gasteiger partial charge in [0.1, 0.15) is 0 Å². The third-order valence-corrected chi connectivity index (χ3v) is 1.17. The number of primary amides is 2. The molecule has 14 heavy (non-hydrogen) atoms. The highest BCUT2D eigenvalue weighted by Crippen LogP contribution is 1.85. The summed E-state index contributed by atoms with van der Waals surface area (Å²) in [6, 6.07) is -0.233. The van der Waals surface area contributed by atoms with E-state index in [2.05, 4.69) is 15.4 Å². The minimum atomic E-state index is -0.954. The SMILES string of the molecule is NC(=O)N=C(NC(N)=O)n1cccn1. The summed E-state index contributed by atoms with van der Waals surface area (Å²) < 4.78 is 1.15. The predicted octanol–water partition coefficient (Wildman–Crippen LogP) is -1.17. The van der Waals surface area contributed by atoms with Gasteiger partial charge in [-0.25, -0.2) is 14.3 Å². The summed E-state index contributed by atoms with van der Waals surface area (Å²) in [6.45, 7) is 0. The maximum Gasteiger partial charge on any atom is 0.341 e. The van der Waals surface area contributed by atoms with E-state index < -0.39 is 12.1 Å². The van der Waals surface area contributed by atoms with Crippen LogP contribution in [0.4, 0.5) is 9.59 Å². The first-order chi connectivity index (χ1) is 6.59. The van der Waals surface area contributed by atoms with Crippen molar-refractivity contribution in [1.82, 2.24) is 15.1 Å². The summed E-state index contributed by atoms with van der Waals surface area (Å²) in [7, 11) is 0. The van der Waals surface area contributed by atoms with E-state index in [0.29, 0.717) is 0 Å². The highest BCUT2D eigenvalue weighted by Gasteiger charge is 2.06. The zero-order valence-electron chi connectivity index (χ0n) is 7.04. The molecule has 0 fully saturated rings. The zero-order valence-corrected chi connectivity index (χ0v) is 7.04. The molecule has 8 nitrogen and oxygen atoms in total. The standard InChI is InChI=1S/C6H8N6O2/c7-4(13)10-6(11-5(8)14)12-3-1-2-9-12/h1-3H,(H5,7,8,10,11,13,14). The molecular weight excluding hydrogens is 188 g/mol. The van der Waals surface area contributed by atoms with E-state index in [-0.39, 0.29) is 5.96 Å². The fourth-order valence-corrected chi connectivity index (χ4v) is 0.745. The van der Waals surface area contributed by atoms with Gasteiger partial charge in [-0.15, -0.1) is 0 Å². The number of carbonyl (C=O) groups is 2. The maximum atomic E-state index is 10.5. The summed E-state index contributed by atoms with van der Waals surface area (Å²) in [5, 5.41) is 5.83. The van der Waals surface area contributed by atoms with E-state index in [1.54, 1.807) is 6.07 Å². The van der Waals surface area contributed by atoms with Crippen molar-refractivity contribution in [2.45, 2.75) is 0 Å². The minimum Gasteiger partial charge on any atom is -0.351 e. The molecule has 0 atom stereocenters. The van der Waals surface area contributed by atoms with E-state index in [0.717, 1.165) is 4.68 Å². The molecule has 0 radical (unpaired) electrons. The molecule has 1 heterocycles. The van der Waals surface area contributed by atoms with Crippen LogP contribution in [-0.4, -0.2) is 27.8 Å². The second kappa shape index (κ2) is 4.03. The van der Waals surface area contributed by atoms with Crippen molar-refractivity contribution < 1.29 is 9.59 Å². The first-order valence-electron chi connectivity index (χ1n) is 3.54. The Morgan fingerprint density at radius 3 is 2.57 bits per heavy atom. The number of carbonyl (C=O) groups excluding carboxylic acids is 2. The molecule has 1 aromatic heterocycles. The van der Waals surface area contributed by atoms with Crippen molar-refractivity contribution in [3.8, 4) is 0 Å². The Hall–Kier alpha value is -2.38. The Kier molecular flexibility index (Phi) is 2.79. The van der Waals surface area contributed by atoms with Gasteiger partial charge in [0.25, 0.3) is 0 Å². The lowest BCUT2D eigenvalue weighted by Crippen LogP contribution is -2.40. The minimum absolute atomic E-state index is 0.144. The first-order valence-corrected chi connectivity index (χ1v) is 3.54. The highest BCUT2D eigenvalue weighted by molar-refractivity contribution is 6.01. The van der Waals surface area contributed by atoms with Gasteiger partial charge in [-0.3, -0.25) is 5.32 Å². The third kappa shape index (κ3) is 2.59. The molecule has 0 aliphatic heterocycles. The van der Waals surface area contributed by atoms with Crippen LogP contribution in [-0.2, 0) is 0 Å². The number of nitrogens with two attached hydrogens (primary N) is 2. The normalized spacial score (nSPS) is 11.0. The van der Waals surface area contributed by atoms with Crippen LogP contribution >= 0.6 is 0 Å². The number of amides is 4. The number of aromatic nitrogens is 2. The molecular formula is C6H8N6O2. The second-order valence-corrected chi connectivity index (χ2v) is 2.21. The van der Waals surface area contributed by atoms with Crippen LogP contribution < -0.4 is 16.8 Å². The maximum absolute atomic E-state index is 10.5.